The third-order valence-corrected chi connectivity index (χ3v) is 6.65. The van der Waals surface area contributed by atoms with Crippen LogP contribution in [0.15, 0.2) is 133 Å². The van der Waals surface area contributed by atoms with E-state index in [0.717, 1.165) is 50.7 Å². The maximum atomic E-state index is 6.17. The molecule has 7 rings (SSSR count). The van der Waals surface area contributed by atoms with Gasteiger partial charge in [0.05, 0.1) is 22.6 Å². The molecule has 36 heavy (non-hydrogen) atoms. The van der Waals surface area contributed by atoms with Crippen molar-refractivity contribution in [2.75, 3.05) is 4.90 Å². The highest BCUT2D eigenvalue weighted by Gasteiger charge is 2.25. The summed E-state index contributed by atoms with van der Waals surface area (Å²) in [5.41, 5.74) is 8.54. The Morgan fingerprint density at radius 1 is 0.528 bits per heavy atom. The molecular formula is C33H22N2O. The van der Waals surface area contributed by atoms with Gasteiger partial charge in [-0.25, -0.2) is 4.98 Å². The second-order valence-electron chi connectivity index (χ2n) is 8.86. The fourth-order valence-electron chi connectivity index (χ4n) is 4.94. The summed E-state index contributed by atoms with van der Waals surface area (Å²) in [4.78, 5) is 7.26. The Labute approximate surface area is 209 Å². The molecule has 0 amide bonds. The van der Waals surface area contributed by atoms with Crippen molar-refractivity contribution in [3.8, 4) is 33.9 Å². The van der Waals surface area contributed by atoms with Gasteiger partial charge in [0.1, 0.15) is 0 Å². The summed E-state index contributed by atoms with van der Waals surface area (Å²) in [6.45, 7) is 0. The fourth-order valence-corrected chi connectivity index (χ4v) is 4.94. The predicted molar refractivity (Wildman–Crippen MR) is 147 cm³/mol. The van der Waals surface area contributed by atoms with Crippen LogP contribution in [0.3, 0.4) is 0 Å². The summed E-state index contributed by atoms with van der Waals surface area (Å²) >= 11 is 0. The largest absolute Gasteiger partial charge is 0.453 e. The molecule has 3 nitrogen and oxygen atoms in total. The minimum absolute atomic E-state index is 0.851. The molecular weight excluding hydrogens is 440 g/mol. The molecule has 0 unspecified atom stereocenters. The zero-order valence-corrected chi connectivity index (χ0v) is 19.5. The zero-order chi connectivity index (χ0) is 23.9. The van der Waals surface area contributed by atoms with Gasteiger partial charge < -0.3 is 9.64 Å². The van der Waals surface area contributed by atoms with E-state index in [0.29, 0.717) is 0 Å². The number of nitrogens with zero attached hydrogens (tertiary/aromatic N) is 2. The molecule has 0 radical (unpaired) electrons. The van der Waals surface area contributed by atoms with Crippen LogP contribution in [0.25, 0.3) is 33.3 Å². The molecule has 1 aromatic heterocycles. The van der Waals surface area contributed by atoms with Gasteiger partial charge in [-0.05, 0) is 59.7 Å². The molecule has 0 atom stereocenters. The highest BCUT2D eigenvalue weighted by Crippen LogP contribution is 2.50. The Morgan fingerprint density at radius 2 is 1.14 bits per heavy atom. The molecule has 0 N–H and O–H groups in total. The van der Waals surface area contributed by atoms with Crippen LogP contribution in [-0.2, 0) is 0 Å². The summed E-state index contributed by atoms with van der Waals surface area (Å²) < 4.78 is 6.17. The van der Waals surface area contributed by atoms with Crippen molar-refractivity contribution in [2.45, 2.75) is 0 Å². The van der Waals surface area contributed by atoms with E-state index in [2.05, 4.69) is 95.9 Å². The predicted octanol–water partition coefficient (Wildman–Crippen LogP) is 9.14. The SMILES string of the molecule is c1ccc(-c2cc(-c3ccc(N4c5ccccc5Oc5ccccc54)cc3)nc3ccccc23)cc1. The first-order chi connectivity index (χ1) is 17.8. The molecule has 1 aliphatic heterocycles. The highest BCUT2D eigenvalue weighted by molar-refractivity contribution is 5.97. The summed E-state index contributed by atoms with van der Waals surface area (Å²) in [5.74, 6) is 1.70. The molecule has 2 heterocycles. The van der Waals surface area contributed by atoms with E-state index in [1.165, 1.54) is 11.1 Å². The Kier molecular flexibility index (Phi) is 4.78. The van der Waals surface area contributed by atoms with Crippen LogP contribution in [0, 0.1) is 0 Å². The molecule has 170 valence electrons. The minimum Gasteiger partial charge on any atom is -0.453 e. The number of benzene rings is 5. The van der Waals surface area contributed by atoms with Crippen molar-refractivity contribution in [1.82, 2.24) is 4.98 Å². The van der Waals surface area contributed by atoms with Gasteiger partial charge in [0.25, 0.3) is 0 Å². The molecule has 0 spiro atoms. The molecule has 0 bridgehead atoms. The topological polar surface area (TPSA) is 25.4 Å². The van der Waals surface area contributed by atoms with Gasteiger partial charge in [-0.15, -0.1) is 0 Å². The van der Waals surface area contributed by atoms with Crippen molar-refractivity contribution in [2.24, 2.45) is 0 Å². The maximum absolute atomic E-state index is 6.17. The average molecular weight is 463 g/mol. The standard InChI is InChI=1S/C33H22N2O/c1-2-10-23(11-3-1)27-22-29(34-28-13-5-4-12-26(27)28)24-18-20-25(21-19-24)35-30-14-6-8-16-32(30)36-33-17-9-7-15-31(33)35/h1-22H. The number of rotatable bonds is 3. The number of hydrogen-bond acceptors (Lipinski definition) is 3. The van der Waals surface area contributed by atoms with Gasteiger partial charge in [0, 0.05) is 16.6 Å². The Hall–Kier alpha value is -4.89. The van der Waals surface area contributed by atoms with E-state index in [1.807, 2.05) is 42.5 Å². The monoisotopic (exact) mass is 462 g/mol. The molecule has 0 aliphatic carbocycles. The average Bonchev–Trinajstić information content (AvgIpc) is 2.96. The van der Waals surface area contributed by atoms with Crippen molar-refractivity contribution in [3.05, 3.63) is 133 Å². The zero-order valence-electron chi connectivity index (χ0n) is 19.5. The Balaban J connectivity index is 1.34. The van der Waals surface area contributed by atoms with Crippen LogP contribution in [-0.4, -0.2) is 4.98 Å². The number of anilines is 3. The molecule has 0 fully saturated rings. The number of pyridine rings is 1. The lowest BCUT2D eigenvalue weighted by Gasteiger charge is -2.32. The van der Waals surface area contributed by atoms with Gasteiger partial charge in [0.15, 0.2) is 11.5 Å². The first kappa shape index (κ1) is 20.5. The summed E-state index contributed by atoms with van der Waals surface area (Å²) in [6.07, 6.45) is 0. The van der Waals surface area contributed by atoms with Crippen molar-refractivity contribution in [3.63, 3.8) is 0 Å². The number of para-hydroxylation sites is 5. The van der Waals surface area contributed by atoms with Gasteiger partial charge >= 0.3 is 0 Å². The third kappa shape index (κ3) is 3.41. The molecule has 0 saturated heterocycles. The lowest BCUT2D eigenvalue weighted by Crippen LogP contribution is -2.15. The van der Waals surface area contributed by atoms with Crippen molar-refractivity contribution in [1.29, 1.82) is 0 Å². The third-order valence-electron chi connectivity index (χ3n) is 6.65. The van der Waals surface area contributed by atoms with Gasteiger partial charge in [0.2, 0.25) is 0 Å². The highest BCUT2D eigenvalue weighted by atomic mass is 16.5. The van der Waals surface area contributed by atoms with Gasteiger partial charge in [-0.1, -0.05) is 84.9 Å². The molecule has 1 aliphatic rings. The summed E-state index contributed by atoms with van der Waals surface area (Å²) in [6, 6.07) is 46.0. The van der Waals surface area contributed by atoms with E-state index >= 15 is 0 Å². The van der Waals surface area contributed by atoms with Crippen molar-refractivity contribution >= 4 is 28.0 Å². The van der Waals surface area contributed by atoms with Crippen molar-refractivity contribution < 1.29 is 4.74 Å². The van der Waals surface area contributed by atoms with E-state index in [9.17, 15) is 0 Å². The van der Waals surface area contributed by atoms with Crippen LogP contribution >= 0.6 is 0 Å². The second-order valence-corrected chi connectivity index (χ2v) is 8.86. The first-order valence-corrected chi connectivity index (χ1v) is 12.1. The van der Waals surface area contributed by atoms with Crippen LogP contribution in [0.5, 0.6) is 11.5 Å². The number of hydrogen-bond donors (Lipinski definition) is 0. The van der Waals surface area contributed by atoms with Gasteiger partial charge in [-0.3, -0.25) is 0 Å². The lowest BCUT2D eigenvalue weighted by molar-refractivity contribution is 0.477. The van der Waals surface area contributed by atoms with Crippen LogP contribution in [0.2, 0.25) is 0 Å². The van der Waals surface area contributed by atoms with E-state index < -0.39 is 0 Å². The molecule has 5 aromatic carbocycles. The summed E-state index contributed by atoms with van der Waals surface area (Å²) in [7, 11) is 0. The lowest BCUT2D eigenvalue weighted by atomic mass is 9.98. The quantitative estimate of drug-likeness (QED) is 0.262. The Bertz CT molecular complexity index is 1660. The molecule has 0 saturated carbocycles. The molecule has 6 aromatic rings. The van der Waals surface area contributed by atoms with Crippen LogP contribution in [0.1, 0.15) is 0 Å². The normalized spacial score (nSPS) is 12.1. The number of ether oxygens (including phenoxy) is 1. The minimum atomic E-state index is 0.851. The number of fused-ring (bicyclic) bond motifs is 3. The maximum Gasteiger partial charge on any atom is 0.151 e. The van der Waals surface area contributed by atoms with Crippen LogP contribution in [0.4, 0.5) is 17.1 Å². The molecule has 3 heteroatoms. The van der Waals surface area contributed by atoms with E-state index in [1.54, 1.807) is 0 Å². The number of aromatic nitrogens is 1. The van der Waals surface area contributed by atoms with E-state index in [4.69, 9.17) is 9.72 Å². The second kappa shape index (κ2) is 8.40. The Morgan fingerprint density at radius 3 is 1.86 bits per heavy atom. The van der Waals surface area contributed by atoms with Crippen LogP contribution < -0.4 is 9.64 Å². The first-order valence-electron chi connectivity index (χ1n) is 12.1. The fraction of sp³-hybridized carbons (Fsp3) is 0. The smallest absolute Gasteiger partial charge is 0.151 e. The van der Waals surface area contributed by atoms with E-state index in [-0.39, 0.29) is 0 Å². The van der Waals surface area contributed by atoms with Gasteiger partial charge in [-0.2, -0.15) is 0 Å². The summed E-state index contributed by atoms with van der Waals surface area (Å²) in [5, 5.41) is 1.16.